The lowest BCUT2D eigenvalue weighted by Gasteiger charge is -2.40. The van der Waals surface area contributed by atoms with Crippen LogP contribution < -0.4 is 10.6 Å². The van der Waals surface area contributed by atoms with Crippen molar-refractivity contribution in [3.8, 4) is 5.75 Å². The average molecular weight is 876 g/mol. The van der Waals surface area contributed by atoms with Gasteiger partial charge in [-0.2, -0.15) is 0 Å². The maximum atomic E-state index is 14.8. The lowest BCUT2D eigenvalue weighted by Crippen LogP contribution is -2.58. The second kappa shape index (κ2) is 25.1. The average Bonchev–Trinajstić information content (AvgIpc) is 3.77. The first-order valence-electron chi connectivity index (χ1n) is 22.9. The quantitative estimate of drug-likeness (QED) is 0.0752. The third-order valence-electron chi connectivity index (χ3n) is 12.3. The van der Waals surface area contributed by atoms with Gasteiger partial charge in [-0.05, 0) is 80.8 Å². The number of carbonyl (C=O) groups excluding carboxylic acids is 4. The molecule has 2 aromatic carbocycles. The molecule has 4 rings (SSSR count). The fourth-order valence-electron chi connectivity index (χ4n) is 8.21. The monoisotopic (exact) mass is 876 g/mol. The van der Waals surface area contributed by atoms with Crippen LogP contribution in [0.2, 0.25) is 0 Å². The number of nitrogens with zero attached hydrogens (tertiary/aromatic N) is 3. The topological polar surface area (TPSA) is 150 Å². The number of hydrogen-bond donors (Lipinski definition) is 3. The van der Waals surface area contributed by atoms with Crippen molar-refractivity contribution in [3.63, 3.8) is 0 Å². The minimum atomic E-state index is -0.661. The Morgan fingerprint density at radius 3 is 2.27 bits per heavy atom. The van der Waals surface area contributed by atoms with Gasteiger partial charge in [0.05, 0.1) is 12.0 Å². The smallest absolute Gasteiger partial charge is 0.309 e. The lowest BCUT2D eigenvalue weighted by molar-refractivity contribution is -0.149. The van der Waals surface area contributed by atoms with Crippen molar-refractivity contribution in [3.05, 3.63) is 81.8 Å². The van der Waals surface area contributed by atoms with Crippen LogP contribution in [0.15, 0.2) is 60.0 Å². The number of phenols is 1. The van der Waals surface area contributed by atoms with Crippen molar-refractivity contribution in [1.82, 2.24) is 25.4 Å². The molecule has 0 unspecified atom stereocenters. The molecule has 62 heavy (non-hydrogen) atoms. The largest absolute Gasteiger partial charge is 0.508 e. The number of hydrogen-bond acceptors (Lipinski definition) is 10. The minimum Gasteiger partial charge on any atom is -0.508 e. The number of aromatic nitrogens is 1. The summed E-state index contributed by atoms with van der Waals surface area (Å²) in [6.45, 7) is 18.2. The van der Waals surface area contributed by atoms with Crippen LogP contribution in [0.25, 0.3) is 0 Å². The van der Waals surface area contributed by atoms with Gasteiger partial charge in [0, 0.05) is 43.0 Å². The van der Waals surface area contributed by atoms with Gasteiger partial charge in [-0.1, -0.05) is 111 Å². The summed E-state index contributed by atoms with van der Waals surface area (Å²) in [4.78, 5) is 64.7. The van der Waals surface area contributed by atoms with Crippen LogP contribution in [0.5, 0.6) is 5.75 Å². The van der Waals surface area contributed by atoms with Gasteiger partial charge in [0.2, 0.25) is 11.8 Å². The summed E-state index contributed by atoms with van der Waals surface area (Å²) in [5.41, 5.74) is 2.03. The molecule has 3 amide bonds. The van der Waals surface area contributed by atoms with E-state index in [1.165, 1.54) is 11.3 Å². The number of benzene rings is 2. The third-order valence-corrected chi connectivity index (χ3v) is 13.3. The maximum Gasteiger partial charge on any atom is 0.309 e. The molecule has 0 bridgehead atoms. The Morgan fingerprint density at radius 2 is 1.65 bits per heavy atom. The van der Waals surface area contributed by atoms with Crippen molar-refractivity contribution >= 4 is 35.0 Å². The summed E-state index contributed by atoms with van der Waals surface area (Å²) in [5, 5.41) is 18.7. The van der Waals surface area contributed by atoms with Crippen LogP contribution in [-0.2, 0) is 30.5 Å². The number of likely N-dealkylation sites (tertiary alicyclic amines) is 1. The van der Waals surface area contributed by atoms with Gasteiger partial charge in [-0.15, -0.1) is 11.3 Å². The summed E-state index contributed by atoms with van der Waals surface area (Å²) in [6, 6.07) is 14.8. The van der Waals surface area contributed by atoms with Gasteiger partial charge >= 0.3 is 5.97 Å². The third kappa shape index (κ3) is 14.4. The van der Waals surface area contributed by atoms with Crippen molar-refractivity contribution in [2.75, 3.05) is 26.7 Å². The molecule has 13 heteroatoms. The number of carbonyl (C=O) groups is 4. The zero-order valence-corrected chi connectivity index (χ0v) is 39.4. The second-order valence-corrected chi connectivity index (χ2v) is 18.5. The number of esters is 1. The number of piperidine rings is 1. The van der Waals surface area contributed by atoms with E-state index in [4.69, 9.17) is 14.5 Å². The fourth-order valence-corrected chi connectivity index (χ4v) is 9.06. The summed E-state index contributed by atoms with van der Waals surface area (Å²) in [5.74, 6) is -1.50. The first-order chi connectivity index (χ1) is 29.7. The highest BCUT2D eigenvalue weighted by atomic mass is 32.1. The van der Waals surface area contributed by atoms with Crippen molar-refractivity contribution in [1.29, 1.82) is 0 Å². The van der Waals surface area contributed by atoms with E-state index < -0.39 is 24.1 Å². The molecule has 3 N–H and O–H groups in total. The second-order valence-electron chi connectivity index (χ2n) is 17.6. The first kappa shape index (κ1) is 50.3. The highest BCUT2D eigenvalue weighted by Crippen LogP contribution is 2.33. The van der Waals surface area contributed by atoms with E-state index in [1.807, 2.05) is 75.2 Å². The molecule has 1 aliphatic rings. The summed E-state index contributed by atoms with van der Waals surface area (Å²) < 4.78 is 12.2. The standard InChI is InChI=1S/C49H73N5O7S/c1-10-25-54(48(58)44(33(6)12-3)52-46(57)41-20-16-17-26-53(41)9)42(32(4)5)29-43(60-27-11-2)47-51-40(31-62-47)45(56)50-39(35(8)37-21-23-38(55)24-22-37)28-34(7)49(59)61-30-36-18-14-13-15-19-36/h13-15,18-19,21-24,31-35,39,41-44,55H,10-12,16-17,20,25-30H2,1-9H3,(H,50,56)(H,52,57)/t33-,34-,35-,39+,41+,42+,43+,44-/m0/s1. The zero-order valence-electron chi connectivity index (χ0n) is 38.6. The molecule has 1 aromatic heterocycles. The van der Waals surface area contributed by atoms with Crippen molar-refractivity contribution in [2.45, 2.75) is 150 Å². The summed E-state index contributed by atoms with van der Waals surface area (Å²) >= 11 is 1.36. The van der Waals surface area contributed by atoms with Crippen molar-refractivity contribution < 1.29 is 33.8 Å². The molecular weight excluding hydrogens is 803 g/mol. The molecule has 1 aliphatic heterocycles. The van der Waals surface area contributed by atoms with E-state index >= 15 is 0 Å². The van der Waals surface area contributed by atoms with Crippen LogP contribution in [-0.4, -0.2) is 94.5 Å². The number of thiazole rings is 1. The molecule has 12 nitrogen and oxygen atoms in total. The number of likely N-dealkylation sites (N-methyl/N-ethyl adjacent to an activating group) is 1. The molecule has 0 spiro atoms. The highest BCUT2D eigenvalue weighted by Gasteiger charge is 2.38. The zero-order chi connectivity index (χ0) is 45.3. The number of amides is 3. The van der Waals surface area contributed by atoms with Crippen LogP contribution >= 0.6 is 11.3 Å². The van der Waals surface area contributed by atoms with Gasteiger partial charge < -0.3 is 30.1 Å². The van der Waals surface area contributed by atoms with E-state index in [0.29, 0.717) is 31.0 Å². The van der Waals surface area contributed by atoms with Crippen LogP contribution in [0, 0.1) is 17.8 Å². The Labute approximate surface area is 374 Å². The van der Waals surface area contributed by atoms with Crippen LogP contribution in [0.1, 0.15) is 145 Å². The summed E-state index contributed by atoms with van der Waals surface area (Å²) in [7, 11) is 1.98. The molecule has 0 aliphatic carbocycles. The first-order valence-corrected chi connectivity index (χ1v) is 23.7. The van der Waals surface area contributed by atoms with E-state index in [1.54, 1.807) is 24.4 Å². The van der Waals surface area contributed by atoms with Gasteiger partial charge in [-0.3, -0.25) is 24.1 Å². The summed E-state index contributed by atoms with van der Waals surface area (Å²) in [6.07, 6.45) is 5.39. The lowest BCUT2D eigenvalue weighted by atomic mass is 9.87. The van der Waals surface area contributed by atoms with Crippen LogP contribution in [0.3, 0.4) is 0 Å². The predicted octanol–water partition coefficient (Wildman–Crippen LogP) is 8.66. The highest BCUT2D eigenvalue weighted by molar-refractivity contribution is 7.09. The molecule has 2 heterocycles. The van der Waals surface area contributed by atoms with E-state index in [-0.39, 0.29) is 71.6 Å². The molecular formula is C49H73N5O7S. The van der Waals surface area contributed by atoms with E-state index in [0.717, 1.165) is 56.2 Å². The van der Waals surface area contributed by atoms with Gasteiger partial charge in [0.25, 0.3) is 5.91 Å². The maximum absolute atomic E-state index is 14.8. The van der Waals surface area contributed by atoms with Crippen molar-refractivity contribution in [2.24, 2.45) is 17.8 Å². The molecule has 0 saturated carbocycles. The number of ether oxygens (including phenoxy) is 2. The molecule has 3 aromatic rings. The van der Waals surface area contributed by atoms with E-state index in [9.17, 15) is 24.3 Å². The Bertz CT molecular complexity index is 1840. The Kier molecular flexibility index (Phi) is 20.4. The molecule has 1 saturated heterocycles. The fraction of sp³-hybridized carbons (Fsp3) is 0.612. The molecule has 1 fully saturated rings. The number of aromatic hydroxyl groups is 1. The van der Waals surface area contributed by atoms with Gasteiger partial charge in [-0.25, -0.2) is 4.98 Å². The Hall–Kier alpha value is -4.33. The molecule has 0 radical (unpaired) electrons. The molecule has 342 valence electrons. The minimum absolute atomic E-state index is 0.0576. The Balaban J connectivity index is 1.56. The normalized spacial score (nSPS) is 17.9. The van der Waals surface area contributed by atoms with Crippen LogP contribution in [0.4, 0.5) is 0 Å². The number of phenolic OH excluding ortho intramolecular Hbond substituents is 1. The van der Waals surface area contributed by atoms with E-state index in [2.05, 4.69) is 43.2 Å². The SMILES string of the molecule is CCCO[C@H](C[C@H](C(C)C)N(CCC)C(=O)[C@@H](NC(=O)[C@H]1CCCCN1C)[C@@H](C)CC)c1nc(C(=O)N[C@H](C[C@H](C)C(=O)OCc2ccccc2)[C@@H](C)c2ccc(O)cc2)cs1. The predicted molar refractivity (Wildman–Crippen MR) is 246 cm³/mol. The van der Waals surface area contributed by atoms with Gasteiger partial charge in [0.15, 0.2) is 0 Å². The van der Waals surface area contributed by atoms with Gasteiger partial charge in [0.1, 0.15) is 35.2 Å². The number of rotatable bonds is 24. The Morgan fingerprint density at radius 1 is 0.935 bits per heavy atom. The number of nitrogens with one attached hydrogen (secondary N) is 2. The molecule has 8 atom stereocenters.